The average Bonchev–Trinajstić information content (AvgIpc) is 3.12. The van der Waals surface area contributed by atoms with Gasteiger partial charge in [-0.1, -0.05) is 25.5 Å². The zero-order chi connectivity index (χ0) is 22.4. The molecule has 1 aliphatic heterocycles. The van der Waals surface area contributed by atoms with E-state index >= 15 is 0 Å². The molecule has 0 amide bonds. The van der Waals surface area contributed by atoms with Crippen molar-refractivity contribution in [3.8, 4) is 11.8 Å². The molecule has 0 saturated carbocycles. The van der Waals surface area contributed by atoms with Gasteiger partial charge in [-0.25, -0.2) is 0 Å². The van der Waals surface area contributed by atoms with E-state index in [1.165, 1.54) is 35.0 Å². The average molecular weight is 445 g/mol. The molecule has 0 radical (unpaired) electrons. The molecule has 12 heteroatoms. The molecular formula is C19H22F3N3O6. The lowest BCUT2D eigenvalue weighted by Gasteiger charge is -2.30. The molecule has 1 aromatic heterocycles. The van der Waals surface area contributed by atoms with Crippen molar-refractivity contribution in [3.05, 3.63) is 46.1 Å². The Morgan fingerprint density at radius 1 is 1.32 bits per heavy atom. The Bertz CT molecular complexity index is 872. The Hall–Kier alpha value is -2.86. The van der Waals surface area contributed by atoms with E-state index in [1.54, 1.807) is 0 Å². The first-order valence-corrected chi connectivity index (χ1v) is 9.67. The van der Waals surface area contributed by atoms with E-state index < -0.39 is 23.5 Å². The lowest BCUT2D eigenvalue weighted by Crippen LogP contribution is -2.44. The number of halogens is 3. The molecular weight excluding hydrogens is 423 g/mol. The molecule has 0 fully saturated rings. The standard InChI is InChI=1S/C19H22F3N3O6/c1-2-3-8-28-12-16-15(9-24-10-17(25(26)27)23-18(24)30-16)29-11-13-4-6-14(7-5-13)31-19(20,21)22/h4-7,10,15-16H,2-3,8-9,11-12H2,1H3/t15-,16-/m0/s1. The van der Waals surface area contributed by atoms with Gasteiger partial charge in [0.1, 0.15) is 18.1 Å². The quantitative estimate of drug-likeness (QED) is 0.311. The summed E-state index contributed by atoms with van der Waals surface area (Å²) in [4.78, 5) is 14.2. The smallest absolute Gasteiger partial charge is 0.437 e. The van der Waals surface area contributed by atoms with Crippen molar-refractivity contribution in [2.45, 2.75) is 51.5 Å². The minimum atomic E-state index is -4.76. The number of fused-ring (bicyclic) bond motifs is 1. The highest BCUT2D eigenvalue weighted by Gasteiger charge is 2.36. The minimum absolute atomic E-state index is 0.0951. The Kier molecular flexibility index (Phi) is 7.33. The van der Waals surface area contributed by atoms with Gasteiger partial charge in [0.05, 0.1) is 19.8 Å². The fraction of sp³-hybridized carbons (Fsp3) is 0.526. The summed E-state index contributed by atoms with van der Waals surface area (Å²) in [5.74, 6) is -0.656. The van der Waals surface area contributed by atoms with Gasteiger partial charge in [0, 0.05) is 11.6 Å². The summed E-state index contributed by atoms with van der Waals surface area (Å²) >= 11 is 0. The number of ether oxygens (including phenoxy) is 4. The van der Waals surface area contributed by atoms with E-state index in [0.717, 1.165) is 12.8 Å². The molecule has 31 heavy (non-hydrogen) atoms. The lowest BCUT2D eigenvalue weighted by atomic mass is 10.1. The Morgan fingerprint density at radius 3 is 2.71 bits per heavy atom. The number of benzene rings is 1. The second-order valence-electron chi connectivity index (χ2n) is 6.92. The molecule has 0 aliphatic carbocycles. The number of alkyl halides is 3. The molecule has 1 aliphatic rings. The molecule has 0 N–H and O–H groups in total. The zero-order valence-electron chi connectivity index (χ0n) is 16.7. The maximum Gasteiger partial charge on any atom is 0.573 e. The van der Waals surface area contributed by atoms with Crippen LogP contribution in [0.5, 0.6) is 11.8 Å². The summed E-state index contributed by atoms with van der Waals surface area (Å²) in [6.45, 7) is 3.14. The number of unbranched alkanes of at least 4 members (excludes halogenated alkanes) is 1. The number of nitrogens with zero attached hydrogens (tertiary/aromatic N) is 3. The largest absolute Gasteiger partial charge is 0.573 e. The highest BCUT2D eigenvalue weighted by Crippen LogP contribution is 2.27. The van der Waals surface area contributed by atoms with Gasteiger partial charge in [0.2, 0.25) is 0 Å². The van der Waals surface area contributed by atoms with Gasteiger partial charge in [0.25, 0.3) is 0 Å². The summed E-state index contributed by atoms with van der Waals surface area (Å²) in [5.41, 5.74) is 0.627. The monoisotopic (exact) mass is 445 g/mol. The number of hydrogen-bond donors (Lipinski definition) is 0. The van der Waals surface area contributed by atoms with Crippen LogP contribution in [-0.2, 0) is 22.6 Å². The molecule has 0 spiro atoms. The third-order valence-electron chi connectivity index (χ3n) is 4.51. The summed E-state index contributed by atoms with van der Waals surface area (Å²) < 4.78 is 59.5. The molecule has 3 rings (SSSR count). The number of nitro groups is 1. The summed E-state index contributed by atoms with van der Waals surface area (Å²) in [6.07, 6.45) is -2.69. The molecule has 9 nitrogen and oxygen atoms in total. The third kappa shape index (κ3) is 6.56. The first-order valence-electron chi connectivity index (χ1n) is 9.67. The van der Waals surface area contributed by atoms with Crippen molar-refractivity contribution in [2.75, 3.05) is 13.2 Å². The van der Waals surface area contributed by atoms with E-state index in [1.807, 2.05) is 6.92 Å². The number of imidazole rings is 1. The second-order valence-corrected chi connectivity index (χ2v) is 6.92. The van der Waals surface area contributed by atoms with Crippen LogP contribution in [0.25, 0.3) is 0 Å². The van der Waals surface area contributed by atoms with Crippen molar-refractivity contribution >= 4 is 5.82 Å². The highest BCUT2D eigenvalue weighted by atomic mass is 19.4. The molecule has 0 bridgehead atoms. The Morgan fingerprint density at radius 2 is 2.06 bits per heavy atom. The maximum absolute atomic E-state index is 12.3. The highest BCUT2D eigenvalue weighted by molar-refractivity contribution is 5.27. The van der Waals surface area contributed by atoms with Crippen LogP contribution in [0.4, 0.5) is 19.0 Å². The molecule has 2 heterocycles. The molecule has 0 unspecified atom stereocenters. The Labute approximate surface area is 175 Å². The SMILES string of the molecule is CCCCOC[C@@H]1Oc2nc([N+](=O)[O-])cn2C[C@@H]1OCc1ccc(OC(F)(F)F)cc1. The topological polar surface area (TPSA) is 97.9 Å². The summed E-state index contributed by atoms with van der Waals surface area (Å²) in [7, 11) is 0. The number of rotatable bonds is 10. The van der Waals surface area contributed by atoms with Crippen LogP contribution >= 0.6 is 0 Å². The molecule has 2 aromatic rings. The zero-order valence-corrected chi connectivity index (χ0v) is 16.7. The van der Waals surface area contributed by atoms with Gasteiger partial charge < -0.3 is 29.1 Å². The summed E-state index contributed by atoms with van der Waals surface area (Å²) in [5, 5.41) is 11.0. The van der Waals surface area contributed by atoms with Crippen LogP contribution in [0.2, 0.25) is 0 Å². The van der Waals surface area contributed by atoms with Crippen LogP contribution in [0.15, 0.2) is 30.5 Å². The van der Waals surface area contributed by atoms with Gasteiger partial charge in [-0.3, -0.25) is 4.57 Å². The van der Waals surface area contributed by atoms with Crippen molar-refractivity contribution in [2.24, 2.45) is 0 Å². The lowest BCUT2D eigenvalue weighted by molar-refractivity contribution is -0.389. The minimum Gasteiger partial charge on any atom is -0.437 e. The van der Waals surface area contributed by atoms with E-state index in [9.17, 15) is 23.3 Å². The maximum atomic E-state index is 12.3. The normalized spacial score (nSPS) is 18.3. The van der Waals surface area contributed by atoms with Crippen molar-refractivity contribution < 1.29 is 37.0 Å². The van der Waals surface area contributed by atoms with Gasteiger partial charge in [-0.2, -0.15) is 0 Å². The van der Waals surface area contributed by atoms with Gasteiger partial charge in [-0.05, 0) is 29.0 Å². The van der Waals surface area contributed by atoms with Gasteiger partial charge in [0.15, 0.2) is 6.10 Å². The van der Waals surface area contributed by atoms with Crippen LogP contribution in [0.3, 0.4) is 0 Å². The molecule has 0 saturated heterocycles. The molecule has 1 aromatic carbocycles. The number of aromatic nitrogens is 2. The van der Waals surface area contributed by atoms with E-state index in [0.29, 0.717) is 12.2 Å². The first-order chi connectivity index (χ1) is 14.7. The third-order valence-corrected chi connectivity index (χ3v) is 4.51. The van der Waals surface area contributed by atoms with Gasteiger partial charge >= 0.3 is 18.2 Å². The predicted molar refractivity (Wildman–Crippen MR) is 101 cm³/mol. The van der Waals surface area contributed by atoms with Crippen molar-refractivity contribution in [1.82, 2.24) is 9.55 Å². The molecule has 2 atom stereocenters. The van der Waals surface area contributed by atoms with Crippen molar-refractivity contribution in [1.29, 1.82) is 0 Å². The van der Waals surface area contributed by atoms with Crippen LogP contribution < -0.4 is 9.47 Å². The van der Waals surface area contributed by atoms with E-state index in [2.05, 4.69) is 9.72 Å². The Balaban J connectivity index is 1.64. The first kappa shape index (κ1) is 22.8. The van der Waals surface area contributed by atoms with E-state index in [4.69, 9.17) is 14.2 Å². The van der Waals surface area contributed by atoms with E-state index in [-0.39, 0.29) is 37.3 Å². The second kappa shape index (κ2) is 9.96. The fourth-order valence-electron chi connectivity index (χ4n) is 2.96. The summed E-state index contributed by atoms with van der Waals surface area (Å²) in [6, 6.07) is 5.44. The van der Waals surface area contributed by atoms with Gasteiger partial charge in [-0.15, -0.1) is 13.2 Å². The van der Waals surface area contributed by atoms with Crippen LogP contribution in [-0.4, -0.2) is 46.3 Å². The van der Waals surface area contributed by atoms with Crippen LogP contribution in [0, 0.1) is 10.1 Å². The predicted octanol–water partition coefficient (Wildman–Crippen LogP) is 3.85. The molecule has 170 valence electrons. The van der Waals surface area contributed by atoms with Crippen LogP contribution in [0.1, 0.15) is 25.3 Å². The fourth-order valence-corrected chi connectivity index (χ4v) is 2.96. The van der Waals surface area contributed by atoms with Crippen molar-refractivity contribution in [3.63, 3.8) is 0 Å². The number of hydrogen-bond acceptors (Lipinski definition) is 7.